The Bertz CT molecular complexity index is 3640. The second-order valence-electron chi connectivity index (χ2n) is 16.0. The van der Waals surface area contributed by atoms with Crippen molar-refractivity contribution in [3.8, 4) is 50.2 Å². The van der Waals surface area contributed by atoms with Crippen molar-refractivity contribution in [1.29, 1.82) is 0 Å². The predicted octanol–water partition coefficient (Wildman–Crippen LogP) is 17.3. The van der Waals surface area contributed by atoms with Gasteiger partial charge in [0.1, 0.15) is 0 Å². The van der Waals surface area contributed by atoms with Gasteiger partial charge in [0, 0.05) is 53.2 Å². The smallest absolute Gasteiger partial charge is 0.0562 e. The molecular weight excluding hydrogens is 781 g/mol. The zero-order valence-corrected chi connectivity index (χ0v) is 35.2. The minimum absolute atomic E-state index is 1.11. The summed E-state index contributed by atoms with van der Waals surface area (Å²) in [5.41, 5.74) is 16.3. The summed E-state index contributed by atoms with van der Waals surface area (Å²) in [7, 11) is 0. The SMILES string of the molecule is c1ccc(-c2ccccc2-c2ccccc2-n2c3ccccc3c3c(N(c4ccccc4-c4ccccc4)c4ccccc4-c4cccc5c4sc4ccccc45)cccc32)cc1. The summed E-state index contributed by atoms with van der Waals surface area (Å²) in [6.07, 6.45) is 0. The Labute approximate surface area is 370 Å². The van der Waals surface area contributed by atoms with E-state index in [1.54, 1.807) is 0 Å². The Morgan fingerprint density at radius 1 is 0.302 bits per heavy atom. The number of hydrogen-bond donors (Lipinski definition) is 0. The number of rotatable bonds is 8. The maximum absolute atomic E-state index is 2.53. The molecule has 0 bridgehead atoms. The molecule has 0 aliphatic heterocycles. The Balaban J connectivity index is 1.16. The summed E-state index contributed by atoms with van der Waals surface area (Å²) in [5, 5.41) is 4.97. The first-order chi connectivity index (χ1) is 31.3. The molecule has 10 aromatic carbocycles. The average Bonchev–Trinajstić information content (AvgIpc) is 3.92. The number of aromatic nitrogens is 1. The maximum atomic E-state index is 2.53. The minimum Gasteiger partial charge on any atom is -0.309 e. The molecule has 0 aliphatic carbocycles. The summed E-state index contributed by atoms with van der Waals surface area (Å²) in [6.45, 7) is 0. The van der Waals surface area contributed by atoms with E-state index in [1.165, 1.54) is 69.9 Å². The van der Waals surface area contributed by atoms with Crippen molar-refractivity contribution in [1.82, 2.24) is 4.57 Å². The molecule has 0 amide bonds. The lowest BCUT2D eigenvalue weighted by Crippen LogP contribution is -2.13. The molecule has 2 nitrogen and oxygen atoms in total. The number of fused-ring (bicyclic) bond motifs is 6. The molecule has 0 saturated heterocycles. The lowest BCUT2D eigenvalue weighted by atomic mass is 9.93. The van der Waals surface area contributed by atoms with E-state index in [-0.39, 0.29) is 0 Å². The summed E-state index contributed by atoms with van der Waals surface area (Å²) in [6, 6.07) is 88.4. The topological polar surface area (TPSA) is 8.17 Å². The minimum atomic E-state index is 1.11. The number of nitrogens with zero attached hydrogens (tertiary/aromatic N) is 2. The van der Waals surface area contributed by atoms with Gasteiger partial charge in [-0.25, -0.2) is 0 Å². The van der Waals surface area contributed by atoms with Crippen molar-refractivity contribution in [2.45, 2.75) is 0 Å². The van der Waals surface area contributed by atoms with E-state index < -0.39 is 0 Å². The van der Waals surface area contributed by atoms with Crippen molar-refractivity contribution >= 4 is 70.4 Å². The van der Waals surface area contributed by atoms with Crippen LogP contribution >= 0.6 is 11.3 Å². The lowest BCUT2D eigenvalue weighted by Gasteiger charge is -2.30. The molecule has 3 heteroatoms. The molecule has 0 atom stereocenters. The highest BCUT2D eigenvalue weighted by molar-refractivity contribution is 7.26. The second-order valence-corrected chi connectivity index (χ2v) is 17.0. The van der Waals surface area contributed by atoms with E-state index in [4.69, 9.17) is 0 Å². The standard InChI is InChI=1S/C60H40N2S/c1-3-21-41(22-4-1)43-25-7-8-27-45(43)46-28-10-15-35-53(46)62-55-37-17-12-31-51(55)59-56(38-20-39-57(59)62)61(52-34-14-9-26-44(52)42-23-5-2-6-24-42)54-36-16-11-29-47(54)49-32-19-33-50-48-30-13-18-40-58(48)63-60(49)50/h1-40H. The van der Waals surface area contributed by atoms with Crippen LogP contribution in [0.1, 0.15) is 0 Å². The first-order valence-electron chi connectivity index (χ1n) is 21.5. The predicted molar refractivity (Wildman–Crippen MR) is 270 cm³/mol. The number of benzene rings is 10. The molecule has 2 aromatic heterocycles. The van der Waals surface area contributed by atoms with Crippen LogP contribution in [-0.4, -0.2) is 4.57 Å². The van der Waals surface area contributed by atoms with E-state index in [0.29, 0.717) is 0 Å². The Hall–Kier alpha value is -7.98. The number of anilines is 3. The van der Waals surface area contributed by atoms with Crippen LogP contribution in [0.5, 0.6) is 0 Å². The van der Waals surface area contributed by atoms with Gasteiger partial charge in [-0.15, -0.1) is 11.3 Å². The fourth-order valence-corrected chi connectivity index (χ4v) is 10.9. The molecule has 296 valence electrons. The quantitative estimate of drug-likeness (QED) is 0.148. The third kappa shape index (κ3) is 6.16. The number of hydrogen-bond acceptors (Lipinski definition) is 2. The molecule has 0 spiro atoms. The van der Waals surface area contributed by atoms with E-state index in [0.717, 1.165) is 39.3 Å². The normalized spacial score (nSPS) is 11.5. The molecule has 0 unspecified atom stereocenters. The summed E-state index contributed by atoms with van der Waals surface area (Å²) < 4.78 is 5.08. The average molecular weight is 821 g/mol. The number of para-hydroxylation sites is 4. The third-order valence-corrected chi connectivity index (χ3v) is 13.7. The van der Waals surface area contributed by atoms with E-state index in [2.05, 4.69) is 252 Å². The van der Waals surface area contributed by atoms with Crippen LogP contribution in [0, 0.1) is 0 Å². The van der Waals surface area contributed by atoms with Crippen LogP contribution in [0.15, 0.2) is 243 Å². The molecule has 0 saturated carbocycles. The van der Waals surface area contributed by atoms with Crippen LogP contribution in [0.3, 0.4) is 0 Å². The van der Waals surface area contributed by atoms with Gasteiger partial charge in [0.2, 0.25) is 0 Å². The van der Waals surface area contributed by atoms with Gasteiger partial charge in [-0.1, -0.05) is 200 Å². The van der Waals surface area contributed by atoms with Crippen LogP contribution in [0.25, 0.3) is 92.2 Å². The largest absolute Gasteiger partial charge is 0.309 e. The van der Waals surface area contributed by atoms with Gasteiger partial charge in [-0.05, 0) is 64.7 Å². The van der Waals surface area contributed by atoms with E-state index in [9.17, 15) is 0 Å². The van der Waals surface area contributed by atoms with Crippen molar-refractivity contribution in [2.24, 2.45) is 0 Å². The van der Waals surface area contributed by atoms with Crippen molar-refractivity contribution in [2.75, 3.05) is 4.90 Å². The van der Waals surface area contributed by atoms with Gasteiger partial charge in [0.05, 0.1) is 33.8 Å². The van der Waals surface area contributed by atoms with Gasteiger partial charge >= 0.3 is 0 Å². The fourth-order valence-electron chi connectivity index (χ4n) is 9.71. The van der Waals surface area contributed by atoms with Crippen LogP contribution < -0.4 is 4.90 Å². The molecule has 2 heterocycles. The highest BCUT2D eigenvalue weighted by Gasteiger charge is 2.26. The molecule has 0 N–H and O–H groups in total. The first kappa shape index (κ1) is 36.8. The molecule has 12 aromatic rings. The van der Waals surface area contributed by atoms with Crippen molar-refractivity contribution in [3.05, 3.63) is 243 Å². The van der Waals surface area contributed by atoms with Gasteiger partial charge in [-0.2, -0.15) is 0 Å². The van der Waals surface area contributed by atoms with Gasteiger partial charge in [0.15, 0.2) is 0 Å². The number of thiophene rings is 1. The van der Waals surface area contributed by atoms with Crippen LogP contribution in [0.2, 0.25) is 0 Å². The fraction of sp³-hybridized carbons (Fsp3) is 0. The Morgan fingerprint density at radius 3 is 1.57 bits per heavy atom. The Morgan fingerprint density at radius 2 is 0.794 bits per heavy atom. The van der Waals surface area contributed by atoms with E-state index >= 15 is 0 Å². The van der Waals surface area contributed by atoms with Crippen LogP contribution in [0.4, 0.5) is 17.1 Å². The molecule has 0 aliphatic rings. The zero-order valence-electron chi connectivity index (χ0n) is 34.4. The lowest BCUT2D eigenvalue weighted by molar-refractivity contribution is 1.18. The molecule has 63 heavy (non-hydrogen) atoms. The van der Waals surface area contributed by atoms with Gasteiger partial charge in [0.25, 0.3) is 0 Å². The monoisotopic (exact) mass is 820 g/mol. The third-order valence-electron chi connectivity index (χ3n) is 12.4. The zero-order chi connectivity index (χ0) is 41.7. The highest BCUT2D eigenvalue weighted by Crippen LogP contribution is 2.51. The summed E-state index contributed by atoms with van der Waals surface area (Å²) in [5.74, 6) is 0. The summed E-state index contributed by atoms with van der Waals surface area (Å²) in [4.78, 5) is 2.53. The van der Waals surface area contributed by atoms with Gasteiger partial charge < -0.3 is 9.47 Å². The molecule has 0 fully saturated rings. The van der Waals surface area contributed by atoms with Crippen molar-refractivity contribution < 1.29 is 0 Å². The summed E-state index contributed by atoms with van der Waals surface area (Å²) >= 11 is 1.88. The highest BCUT2D eigenvalue weighted by atomic mass is 32.1. The second kappa shape index (κ2) is 15.5. The molecular formula is C60H40N2S. The first-order valence-corrected chi connectivity index (χ1v) is 22.3. The Kier molecular flexibility index (Phi) is 9.06. The van der Waals surface area contributed by atoms with Crippen molar-refractivity contribution in [3.63, 3.8) is 0 Å². The molecule has 0 radical (unpaired) electrons. The van der Waals surface area contributed by atoms with Crippen LogP contribution in [-0.2, 0) is 0 Å². The van der Waals surface area contributed by atoms with E-state index in [1.807, 2.05) is 11.3 Å². The maximum Gasteiger partial charge on any atom is 0.0562 e. The molecule has 12 rings (SSSR count). The van der Waals surface area contributed by atoms with Gasteiger partial charge in [-0.3, -0.25) is 0 Å².